The Kier molecular flexibility index (Phi) is 15.7. The van der Waals surface area contributed by atoms with Gasteiger partial charge in [-0.25, -0.2) is 4.57 Å². The van der Waals surface area contributed by atoms with Gasteiger partial charge in [-0.15, -0.1) is 0 Å². The summed E-state index contributed by atoms with van der Waals surface area (Å²) >= 11 is 0. The molecule has 3 atom stereocenters. The largest absolute Gasteiger partial charge is 0.756 e. The summed E-state index contributed by atoms with van der Waals surface area (Å²) in [6, 6.07) is 3.66. The van der Waals surface area contributed by atoms with Crippen LogP contribution in [0.15, 0.2) is 24.5 Å². The standard InChI is InChI=1S/C29H50NO7P/c1-4-5-6-7-8-9-10-11-12-13-14-15-16-17-21-34-23-28(36-26(2)31)24-35-38(32,33)37-29(3)25-30-20-18-19-27(29)22-30/h18-20,22,28H,4-17,21,23-25H2,1-3H3. The summed E-state index contributed by atoms with van der Waals surface area (Å²) < 4.78 is 35.7. The average Bonchev–Trinajstić information content (AvgIpc) is 3.07. The zero-order valence-corrected chi connectivity index (χ0v) is 24.8. The number of unbranched alkanes of at least 4 members (excludes halogenated alkanes) is 13. The van der Waals surface area contributed by atoms with Gasteiger partial charge in [-0.2, -0.15) is 0 Å². The van der Waals surface area contributed by atoms with E-state index >= 15 is 0 Å². The second kappa shape index (κ2) is 18.1. The van der Waals surface area contributed by atoms with E-state index in [1.807, 2.05) is 29.1 Å². The number of phosphoric acid groups is 1. The van der Waals surface area contributed by atoms with Gasteiger partial charge in [0.2, 0.25) is 0 Å². The Labute approximate surface area is 230 Å². The maximum Gasteiger partial charge on any atom is 0.303 e. The molecule has 0 fully saturated rings. The van der Waals surface area contributed by atoms with Crippen LogP contribution in [-0.2, 0) is 40.0 Å². The lowest BCUT2D eigenvalue weighted by molar-refractivity contribution is -0.699. The minimum Gasteiger partial charge on any atom is -0.756 e. The van der Waals surface area contributed by atoms with Crippen LogP contribution in [-0.4, -0.2) is 31.9 Å². The molecule has 2 heterocycles. The van der Waals surface area contributed by atoms with Gasteiger partial charge in [0.1, 0.15) is 6.10 Å². The molecule has 38 heavy (non-hydrogen) atoms. The van der Waals surface area contributed by atoms with Crippen LogP contribution in [0.3, 0.4) is 0 Å². The summed E-state index contributed by atoms with van der Waals surface area (Å²) in [5.41, 5.74) is -0.269. The number of aromatic nitrogens is 1. The highest BCUT2D eigenvalue weighted by atomic mass is 31.2. The smallest absolute Gasteiger partial charge is 0.303 e. The van der Waals surface area contributed by atoms with Crippen LogP contribution in [0.2, 0.25) is 0 Å². The quantitative estimate of drug-likeness (QED) is 0.0693. The molecule has 1 aromatic rings. The maximum atomic E-state index is 12.5. The fraction of sp³-hybridized carbons (Fsp3) is 0.793. The van der Waals surface area contributed by atoms with E-state index < -0.39 is 25.5 Å². The first-order valence-corrected chi connectivity index (χ1v) is 16.1. The fourth-order valence-corrected chi connectivity index (χ4v) is 5.92. The van der Waals surface area contributed by atoms with E-state index in [2.05, 4.69) is 6.92 Å². The first-order chi connectivity index (χ1) is 18.2. The number of carbonyl (C=O) groups is 1. The number of pyridine rings is 1. The third-order valence-electron chi connectivity index (χ3n) is 6.96. The highest BCUT2D eigenvalue weighted by molar-refractivity contribution is 7.45. The van der Waals surface area contributed by atoms with E-state index in [0.717, 1.165) is 18.4 Å². The van der Waals surface area contributed by atoms with Crippen molar-refractivity contribution in [1.29, 1.82) is 0 Å². The second-order valence-electron chi connectivity index (χ2n) is 10.7. The molecular weight excluding hydrogens is 505 g/mol. The summed E-state index contributed by atoms with van der Waals surface area (Å²) in [5.74, 6) is -0.518. The predicted molar refractivity (Wildman–Crippen MR) is 145 cm³/mol. The Morgan fingerprint density at radius 2 is 1.58 bits per heavy atom. The molecule has 0 spiro atoms. The summed E-state index contributed by atoms with van der Waals surface area (Å²) in [6.45, 7) is 5.88. The number of rotatable bonds is 23. The van der Waals surface area contributed by atoms with Crippen LogP contribution in [0.1, 0.15) is 116 Å². The molecule has 3 unspecified atom stereocenters. The number of phosphoric ester groups is 1. The first-order valence-electron chi connectivity index (χ1n) is 14.6. The van der Waals surface area contributed by atoms with Gasteiger partial charge in [-0.05, 0) is 19.4 Å². The van der Waals surface area contributed by atoms with Crippen molar-refractivity contribution in [3.8, 4) is 0 Å². The fourth-order valence-electron chi connectivity index (χ4n) is 4.87. The lowest BCUT2D eigenvalue weighted by atomic mass is 10.0. The van der Waals surface area contributed by atoms with Crippen LogP contribution in [0.25, 0.3) is 0 Å². The summed E-state index contributed by atoms with van der Waals surface area (Å²) in [7, 11) is -4.64. The number of nitrogens with zero attached hydrogens (tertiary/aromatic N) is 1. The van der Waals surface area contributed by atoms with Gasteiger partial charge in [0.25, 0.3) is 7.82 Å². The predicted octanol–water partition coefficient (Wildman–Crippen LogP) is 6.13. The van der Waals surface area contributed by atoms with E-state index in [0.29, 0.717) is 13.2 Å². The monoisotopic (exact) mass is 555 g/mol. The highest BCUT2D eigenvalue weighted by Crippen LogP contribution is 2.47. The van der Waals surface area contributed by atoms with Crippen molar-refractivity contribution in [2.24, 2.45) is 0 Å². The molecule has 1 aliphatic heterocycles. The Morgan fingerprint density at radius 3 is 2.13 bits per heavy atom. The molecule has 1 aliphatic rings. The second-order valence-corrected chi connectivity index (χ2v) is 12.1. The molecule has 9 heteroatoms. The van der Waals surface area contributed by atoms with E-state index in [1.165, 1.54) is 84.0 Å². The molecule has 2 bridgehead atoms. The molecule has 0 aromatic carbocycles. The minimum absolute atomic E-state index is 0.0753. The molecule has 8 nitrogen and oxygen atoms in total. The number of fused-ring (bicyclic) bond motifs is 2. The summed E-state index contributed by atoms with van der Waals surface area (Å²) in [5, 5.41) is 0. The van der Waals surface area contributed by atoms with E-state index in [-0.39, 0.29) is 13.2 Å². The third-order valence-corrected chi connectivity index (χ3v) is 8.06. The lowest BCUT2D eigenvalue weighted by Gasteiger charge is -2.32. The van der Waals surface area contributed by atoms with Crippen molar-refractivity contribution < 1.29 is 37.3 Å². The first kappa shape index (κ1) is 32.9. The zero-order chi connectivity index (χ0) is 27.7. The molecule has 0 radical (unpaired) electrons. The van der Waals surface area contributed by atoms with Gasteiger partial charge >= 0.3 is 5.97 Å². The number of hydrogen-bond donors (Lipinski definition) is 0. The van der Waals surface area contributed by atoms with Crippen LogP contribution in [0, 0.1) is 0 Å². The van der Waals surface area contributed by atoms with Crippen molar-refractivity contribution >= 4 is 13.8 Å². The van der Waals surface area contributed by atoms with E-state index in [1.54, 1.807) is 6.92 Å². The Bertz CT molecular complexity index is 852. The summed E-state index contributed by atoms with van der Waals surface area (Å²) in [6.07, 6.45) is 20.9. The van der Waals surface area contributed by atoms with Crippen molar-refractivity contribution in [1.82, 2.24) is 0 Å². The van der Waals surface area contributed by atoms with Gasteiger partial charge in [-0.3, -0.25) is 9.36 Å². The number of carbonyl (C=O) groups excluding carboxylic acids is 1. The Morgan fingerprint density at radius 1 is 1.00 bits per heavy atom. The molecular formula is C29H50NO7P. The van der Waals surface area contributed by atoms with Gasteiger partial charge in [0.15, 0.2) is 24.5 Å². The topological polar surface area (TPSA) is 98.0 Å². The molecule has 0 saturated carbocycles. The van der Waals surface area contributed by atoms with Gasteiger partial charge in [0.05, 0.1) is 18.8 Å². The average molecular weight is 556 g/mol. The number of esters is 1. The van der Waals surface area contributed by atoms with Crippen molar-refractivity contribution in [3.05, 3.63) is 30.1 Å². The molecule has 1 aromatic heterocycles. The molecule has 0 amide bonds. The van der Waals surface area contributed by atoms with Gasteiger partial charge < -0.3 is 23.4 Å². The Hall–Kier alpha value is -1.31. The lowest BCUT2D eigenvalue weighted by Crippen LogP contribution is -2.38. The molecule has 218 valence electrons. The van der Waals surface area contributed by atoms with Crippen LogP contribution < -0.4 is 9.46 Å². The molecule has 0 N–H and O–H groups in total. The van der Waals surface area contributed by atoms with Gasteiger partial charge in [-0.1, -0.05) is 90.4 Å². The van der Waals surface area contributed by atoms with Crippen LogP contribution in [0.4, 0.5) is 0 Å². The Balaban J connectivity index is 1.52. The van der Waals surface area contributed by atoms with Crippen LogP contribution in [0.5, 0.6) is 0 Å². The SMILES string of the molecule is CCCCCCCCCCCCCCCCOCC(COP(=O)([O-])OC1(C)C[n+]2cccc1c2)OC(C)=O. The normalized spacial score (nSPS) is 18.8. The minimum atomic E-state index is -4.64. The van der Waals surface area contributed by atoms with E-state index in [9.17, 15) is 14.3 Å². The van der Waals surface area contributed by atoms with Crippen LogP contribution >= 0.6 is 7.82 Å². The van der Waals surface area contributed by atoms with Crippen molar-refractivity contribution in [2.75, 3.05) is 19.8 Å². The zero-order valence-electron chi connectivity index (χ0n) is 23.9. The molecule has 2 rings (SSSR count). The van der Waals surface area contributed by atoms with E-state index in [4.69, 9.17) is 18.5 Å². The van der Waals surface area contributed by atoms with Gasteiger partial charge in [0, 0.05) is 19.6 Å². The summed E-state index contributed by atoms with van der Waals surface area (Å²) in [4.78, 5) is 24.0. The molecule has 0 saturated heterocycles. The number of hydrogen-bond acceptors (Lipinski definition) is 7. The third kappa shape index (κ3) is 13.7. The number of ether oxygens (including phenoxy) is 2. The highest BCUT2D eigenvalue weighted by Gasteiger charge is 2.42. The van der Waals surface area contributed by atoms with Crippen molar-refractivity contribution in [2.45, 2.75) is 129 Å². The maximum absolute atomic E-state index is 12.5. The van der Waals surface area contributed by atoms with Crippen molar-refractivity contribution in [3.63, 3.8) is 0 Å². The molecule has 0 aliphatic carbocycles.